The summed E-state index contributed by atoms with van der Waals surface area (Å²) in [6.07, 6.45) is 11.1. The van der Waals surface area contributed by atoms with E-state index in [1.807, 2.05) is 0 Å². The Labute approximate surface area is 176 Å². The zero-order chi connectivity index (χ0) is 20.5. The van der Waals surface area contributed by atoms with Gasteiger partial charge in [-0.25, -0.2) is 0 Å². The minimum Gasteiger partial charge on any atom is -0.388 e. The number of unbranched alkanes of at least 4 members (excludes halogenated alkanes) is 2. The van der Waals surface area contributed by atoms with Crippen molar-refractivity contribution in [1.82, 2.24) is 0 Å². The average molecular weight is 408 g/mol. The van der Waals surface area contributed by atoms with E-state index in [9.17, 15) is 0 Å². The van der Waals surface area contributed by atoms with Crippen molar-refractivity contribution in [3.8, 4) is 0 Å². The summed E-state index contributed by atoms with van der Waals surface area (Å²) in [5, 5.41) is 3.55. The molecule has 1 rings (SSSR count). The molecule has 3 nitrogen and oxygen atoms in total. The molecule has 2 unspecified atom stereocenters. The van der Waals surface area contributed by atoms with Crippen LogP contribution in [0.25, 0.3) is 0 Å². The normalized spacial score (nSPS) is 15.0. The number of hydrogen-bond acceptors (Lipinski definition) is 3. The topological polar surface area (TPSA) is 30.5 Å². The molecule has 2 atom stereocenters. The van der Waals surface area contributed by atoms with Crippen LogP contribution in [-0.4, -0.2) is 34.8 Å². The van der Waals surface area contributed by atoms with Gasteiger partial charge in [0, 0.05) is 11.9 Å². The van der Waals surface area contributed by atoms with Crippen molar-refractivity contribution < 1.29 is 9.47 Å². The summed E-state index contributed by atoms with van der Waals surface area (Å²) in [6.45, 7) is 10.8. The van der Waals surface area contributed by atoms with Crippen molar-refractivity contribution in [3.63, 3.8) is 0 Å². The van der Waals surface area contributed by atoms with Gasteiger partial charge in [0.15, 0.2) is 0 Å². The lowest BCUT2D eigenvalue weighted by Crippen LogP contribution is -2.33. The number of para-hydroxylation sites is 1. The van der Waals surface area contributed by atoms with Crippen LogP contribution in [0, 0.1) is 11.8 Å². The van der Waals surface area contributed by atoms with Crippen LogP contribution in [0.3, 0.4) is 0 Å². The van der Waals surface area contributed by atoms with E-state index >= 15 is 0 Å². The Morgan fingerprint density at radius 3 is 1.82 bits per heavy atom. The molecule has 1 aromatic rings. The number of benzene rings is 1. The Bertz CT molecular complexity index is 437. The Balaban J connectivity index is 2.49. The minimum atomic E-state index is -0.514. The lowest BCUT2D eigenvalue weighted by atomic mass is 10.0. The van der Waals surface area contributed by atoms with Gasteiger partial charge in [-0.2, -0.15) is 0 Å². The van der Waals surface area contributed by atoms with Crippen LogP contribution in [0.4, 0.5) is 5.69 Å². The predicted octanol–water partition coefficient (Wildman–Crippen LogP) is 5.97. The molecule has 0 saturated heterocycles. The second-order valence-corrected chi connectivity index (χ2v) is 9.75. The monoisotopic (exact) mass is 407 g/mol. The zero-order valence-electron chi connectivity index (χ0n) is 18.9. The summed E-state index contributed by atoms with van der Waals surface area (Å²) in [7, 11) is -0.514. The number of ether oxygens (including phenoxy) is 2. The minimum absolute atomic E-state index is 0.0302. The highest BCUT2D eigenvalue weighted by Crippen LogP contribution is 2.16. The predicted molar refractivity (Wildman–Crippen MR) is 126 cm³/mol. The molecule has 0 aromatic heterocycles. The lowest BCUT2D eigenvalue weighted by molar-refractivity contribution is -0.110. The maximum absolute atomic E-state index is 6.33. The third-order valence-corrected chi connectivity index (χ3v) is 7.09. The molecule has 0 heterocycles. The van der Waals surface area contributed by atoms with Crippen molar-refractivity contribution in [2.75, 3.05) is 24.7 Å². The number of anilines is 1. The van der Waals surface area contributed by atoms with Gasteiger partial charge in [-0.3, -0.25) is 0 Å². The van der Waals surface area contributed by atoms with Crippen LogP contribution in [-0.2, 0) is 9.47 Å². The van der Waals surface area contributed by atoms with Crippen LogP contribution in [0.1, 0.15) is 79.1 Å². The maximum atomic E-state index is 6.33. The van der Waals surface area contributed by atoms with Crippen molar-refractivity contribution in [2.24, 2.45) is 11.8 Å². The summed E-state index contributed by atoms with van der Waals surface area (Å²) < 4.78 is 12.7. The SMILES string of the molecule is CCCCC(CC)COC(OCC(CC)CCCC)[SiH2]CNc1ccccc1. The molecule has 4 heteroatoms. The molecule has 0 fully saturated rings. The fourth-order valence-electron chi connectivity index (χ4n) is 3.39. The lowest BCUT2D eigenvalue weighted by Gasteiger charge is -2.24. The van der Waals surface area contributed by atoms with Crippen LogP contribution in [0.2, 0.25) is 0 Å². The Morgan fingerprint density at radius 2 is 1.36 bits per heavy atom. The van der Waals surface area contributed by atoms with Gasteiger partial charge in [0.25, 0.3) is 0 Å². The molecule has 28 heavy (non-hydrogen) atoms. The van der Waals surface area contributed by atoms with Crippen molar-refractivity contribution >= 4 is 15.2 Å². The summed E-state index contributed by atoms with van der Waals surface area (Å²) >= 11 is 0. The molecule has 162 valence electrons. The first-order chi connectivity index (χ1) is 13.7. The van der Waals surface area contributed by atoms with E-state index in [0.29, 0.717) is 11.8 Å². The standard InChI is InChI=1S/C24H45NO2Si/c1-5-9-14-21(7-3)18-26-24(27-19-22(8-4)15-10-6-2)28-20-25-23-16-12-11-13-17-23/h11-13,16-17,21-22,24-25H,5-10,14-15,18-20,28H2,1-4H3. The number of rotatable bonds is 18. The fraction of sp³-hybridized carbons (Fsp3) is 0.750. The van der Waals surface area contributed by atoms with Gasteiger partial charge < -0.3 is 14.8 Å². The number of hydrogen-bond donors (Lipinski definition) is 1. The molecule has 0 aliphatic rings. The Kier molecular flexibility index (Phi) is 15.3. The van der Waals surface area contributed by atoms with Crippen LogP contribution < -0.4 is 5.32 Å². The quantitative estimate of drug-likeness (QED) is 0.240. The van der Waals surface area contributed by atoms with Gasteiger partial charge >= 0.3 is 0 Å². The molecule has 0 spiro atoms. The maximum Gasteiger partial charge on any atom is 0.136 e. The van der Waals surface area contributed by atoms with E-state index in [-0.39, 0.29) is 5.91 Å². The third-order valence-electron chi connectivity index (χ3n) is 5.61. The molecular formula is C24H45NO2Si. The van der Waals surface area contributed by atoms with Crippen molar-refractivity contribution in [3.05, 3.63) is 30.3 Å². The Hall–Kier alpha value is -0.843. The second-order valence-electron chi connectivity index (χ2n) is 8.01. The first kappa shape index (κ1) is 25.2. The van der Waals surface area contributed by atoms with Gasteiger partial charge in [-0.05, 0) is 36.8 Å². The van der Waals surface area contributed by atoms with Crippen LogP contribution in [0.5, 0.6) is 0 Å². The summed E-state index contributed by atoms with van der Waals surface area (Å²) in [5.74, 6) is 1.37. The molecule has 0 radical (unpaired) electrons. The zero-order valence-corrected chi connectivity index (χ0v) is 20.3. The van der Waals surface area contributed by atoms with E-state index < -0.39 is 9.52 Å². The van der Waals surface area contributed by atoms with Crippen molar-refractivity contribution in [2.45, 2.75) is 85.0 Å². The smallest absolute Gasteiger partial charge is 0.136 e. The first-order valence-electron chi connectivity index (χ1n) is 11.7. The molecule has 0 saturated carbocycles. The summed E-state index contributed by atoms with van der Waals surface area (Å²) in [4.78, 5) is 0. The molecule has 0 aliphatic carbocycles. The molecule has 0 bridgehead atoms. The fourth-order valence-corrected chi connectivity index (χ4v) is 4.66. The highest BCUT2D eigenvalue weighted by Gasteiger charge is 2.16. The van der Waals surface area contributed by atoms with Gasteiger partial charge in [-0.1, -0.05) is 84.4 Å². The molecule has 1 N–H and O–H groups in total. The van der Waals surface area contributed by atoms with E-state index in [1.54, 1.807) is 0 Å². The van der Waals surface area contributed by atoms with Crippen LogP contribution >= 0.6 is 0 Å². The summed E-state index contributed by atoms with van der Waals surface area (Å²) in [5.41, 5.74) is 1.19. The number of nitrogens with one attached hydrogen (secondary N) is 1. The van der Waals surface area contributed by atoms with Crippen molar-refractivity contribution in [1.29, 1.82) is 0 Å². The average Bonchev–Trinajstić information content (AvgIpc) is 2.74. The van der Waals surface area contributed by atoms with Gasteiger partial charge in [0.05, 0.1) is 13.2 Å². The second kappa shape index (κ2) is 17.1. The molecule has 1 aromatic carbocycles. The third kappa shape index (κ3) is 11.9. The highest BCUT2D eigenvalue weighted by atomic mass is 28.2. The van der Waals surface area contributed by atoms with Crippen LogP contribution in [0.15, 0.2) is 30.3 Å². The van der Waals surface area contributed by atoms with Gasteiger partial charge in [-0.15, -0.1) is 0 Å². The van der Waals surface area contributed by atoms with E-state index in [1.165, 1.54) is 57.1 Å². The summed E-state index contributed by atoms with van der Waals surface area (Å²) in [6, 6.07) is 10.5. The molecule has 0 amide bonds. The first-order valence-corrected chi connectivity index (χ1v) is 13.6. The molecule has 0 aliphatic heterocycles. The van der Waals surface area contributed by atoms with E-state index in [2.05, 4.69) is 63.3 Å². The largest absolute Gasteiger partial charge is 0.388 e. The van der Waals surface area contributed by atoms with Gasteiger partial charge in [0.2, 0.25) is 0 Å². The molecular weight excluding hydrogens is 362 g/mol. The van der Waals surface area contributed by atoms with E-state index in [4.69, 9.17) is 9.47 Å². The van der Waals surface area contributed by atoms with Gasteiger partial charge in [0.1, 0.15) is 15.4 Å². The van der Waals surface area contributed by atoms with E-state index in [0.717, 1.165) is 19.4 Å². The Morgan fingerprint density at radius 1 is 0.821 bits per heavy atom. The highest BCUT2D eigenvalue weighted by molar-refractivity contribution is 6.37.